The van der Waals surface area contributed by atoms with Crippen molar-refractivity contribution in [3.63, 3.8) is 0 Å². The lowest BCUT2D eigenvalue weighted by Gasteiger charge is -2.13. The van der Waals surface area contributed by atoms with Gasteiger partial charge in [0.2, 0.25) is 0 Å². The molecule has 0 N–H and O–H groups in total. The molecule has 0 aliphatic heterocycles. The van der Waals surface area contributed by atoms with Crippen LogP contribution in [0.3, 0.4) is 0 Å². The van der Waals surface area contributed by atoms with Gasteiger partial charge < -0.3 is 0 Å². The first-order valence-electron chi connectivity index (χ1n) is 16.0. The maximum Gasteiger partial charge on any atom is -0.00264 e. The Morgan fingerprint density at radius 1 is 0.196 bits per heavy atom. The first-order valence-corrected chi connectivity index (χ1v) is 16.0. The van der Waals surface area contributed by atoms with Gasteiger partial charge in [0, 0.05) is 0 Å². The molecule has 0 aliphatic rings. The van der Waals surface area contributed by atoms with E-state index in [9.17, 15) is 0 Å². The Morgan fingerprint density at radius 2 is 0.630 bits per heavy atom. The van der Waals surface area contributed by atoms with Crippen LogP contribution in [0.1, 0.15) is 0 Å². The van der Waals surface area contributed by atoms with Crippen LogP contribution >= 0.6 is 0 Å². The molecule has 0 saturated heterocycles. The van der Waals surface area contributed by atoms with E-state index in [-0.39, 0.29) is 0 Å². The van der Waals surface area contributed by atoms with E-state index in [0.717, 1.165) is 0 Å². The molecular weight excluding hydrogens is 553 g/mol. The lowest BCUT2D eigenvalue weighted by atomic mass is 9.90. The van der Waals surface area contributed by atoms with Crippen molar-refractivity contribution in [1.29, 1.82) is 0 Å². The Balaban J connectivity index is 1.07. The SMILES string of the molecule is c1cc(-c2cccc(-c3ccc4ccc5c6ccccc6ccc5c4c3)c2)cc(-c2cc3ccc4cccc5ccc(c2)c3c45)c1. The molecule has 10 aromatic carbocycles. The molecule has 0 nitrogen and oxygen atoms in total. The van der Waals surface area contributed by atoms with Crippen LogP contribution in [0.25, 0.3) is 98.0 Å². The van der Waals surface area contributed by atoms with Crippen molar-refractivity contribution in [3.05, 3.63) is 170 Å². The summed E-state index contributed by atoms with van der Waals surface area (Å²) in [6.07, 6.45) is 0. The molecule has 0 radical (unpaired) electrons. The minimum absolute atomic E-state index is 1.22. The van der Waals surface area contributed by atoms with Gasteiger partial charge in [-0.2, -0.15) is 0 Å². The van der Waals surface area contributed by atoms with E-state index >= 15 is 0 Å². The quantitative estimate of drug-likeness (QED) is 0.182. The van der Waals surface area contributed by atoms with E-state index < -0.39 is 0 Å². The number of benzene rings is 10. The summed E-state index contributed by atoms with van der Waals surface area (Å²) in [5, 5.41) is 15.7. The molecular formula is C46H28. The standard InChI is InChI=1S/C46H28/c1-2-13-41-29(6-1)20-23-43-42(41)22-21-30-14-17-37(28-44(30)43)35-11-4-9-33(24-35)34-10-5-12-36(25-34)40-26-38-18-15-31-7-3-8-32-16-19-39(27-40)46(38)45(31)32/h1-28H. The maximum absolute atomic E-state index is 2.37. The smallest absolute Gasteiger partial charge is 0.00264 e. The Hall–Kier alpha value is -5.98. The number of fused-ring (bicyclic) bond motifs is 5. The largest absolute Gasteiger partial charge is 0.0616 e. The first-order chi connectivity index (χ1) is 22.8. The molecule has 0 spiro atoms. The lowest BCUT2D eigenvalue weighted by Crippen LogP contribution is -1.87. The molecule has 0 heteroatoms. The number of hydrogen-bond donors (Lipinski definition) is 0. The van der Waals surface area contributed by atoms with Crippen LogP contribution in [0.15, 0.2) is 170 Å². The molecule has 0 aliphatic carbocycles. The maximum atomic E-state index is 2.37. The van der Waals surface area contributed by atoms with Gasteiger partial charge in [0.15, 0.2) is 0 Å². The second-order valence-corrected chi connectivity index (χ2v) is 12.6. The highest BCUT2D eigenvalue weighted by atomic mass is 14.2. The van der Waals surface area contributed by atoms with Crippen LogP contribution in [-0.4, -0.2) is 0 Å². The Kier molecular flexibility index (Phi) is 5.38. The van der Waals surface area contributed by atoms with E-state index in [1.807, 2.05) is 0 Å². The highest BCUT2D eigenvalue weighted by molar-refractivity contribution is 6.24. The summed E-state index contributed by atoms with van der Waals surface area (Å²) in [6, 6.07) is 62.9. The topological polar surface area (TPSA) is 0 Å². The third-order valence-corrected chi connectivity index (χ3v) is 9.93. The van der Waals surface area contributed by atoms with Crippen LogP contribution in [0.4, 0.5) is 0 Å². The van der Waals surface area contributed by atoms with Gasteiger partial charge in [-0.25, -0.2) is 0 Å². The van der Waals surface area contributed by atoms with Gasteiger partial charge in [-0.15, -0.1) is 0 Å². The van der Waals surface area contributed by atoms with Gasteiger partial charge in [0.05, 0.1) is 0 Å². The molecule has 0 fully saturated rings. The van der Waals surface area contributed by atoms with Crippen LogP contribution < -0.4 is 0 Å². The summed E-state index contributed by atoms with van der Waals surface area (Å²) in [6.45, 7) is 0. The summed E-state index contributed by atoms with van der Waals surface area (Å²) in [7, 11) is 0. The predicted molar refractivity (Wildman–Crippen MR) is 199 cm³/mol. The normalized spacial score (nSPS) is 11.9. The fourth-order valence-corrected chi connectivity index (χ4v) is 7.67. The minimum Gasteiger partial charge on any atom is -0.0616 e. The molecule has 0 heterocycles. The van der Waals surface area contributed by atoms with Crippen molar-refractivity contribution in [1.82, 2.24) is 0 Å². The fourth-order valence-electron chi connectivity index (χ4n) is 7.67. The van der Waals surface area contributed by atoms with Gasteiger partial charge in [-0.05, 0) is 128 Å². The number of hydrogen-bond acceptors (Lipinski definition) is 0. The zero-order chi connectivity index (χ0) is 30.2. The van der Waals surface area contributed by atoms with E-state index in [0.29, 0.717) is 0 Å². The molecule has 10 rings (SSSR count). The molecule has 0 saturated carbocycles. The second kappa shape index (κ2) is 9.76. The Morgan fingerprint density at radius 3 is 1.30 bits per heavy atom. The number of rotatable bonds is 3. The van der Waals surface area contributed by atoms with Crippen molar-refractivity contribution in [2.45, 2.75) is 0 Å². The second-order valence-electron chi connectivity index (χ2n) is 12.6. The molecule has 0 amide bonds. The zero-order valence-electron chi connectivity index (χ0n) is 25.2. The van der Waals surface area contributed by atoms with Crippen molar-refractivity contribution in [3.8, 4) is 33.4 Å². The monoisotopic (exact) mass is 580 g/mol. The van der Waals surface area contributed by atoms with Crippen molar-refractivity contribution >= 4 is 64.6 Å². The molecule has 0 atom stereocenters. The fraction of sp³-hybridized carbons (Fsp3) is 0. The van der Waals surface area contributed by atoms with Gasteiger partial charge in [-0.3, -0.25) is 0 Å². The van der Waals surface area contributed by atoms with E-state index in [1.54, 1.807) is 0 Å². The van der Waals surface area contributed by atoms with Gasteiger partial charge in [0.25, 0.3) is 0 Å². The van der Waals surface area contributed by atoms with Crippen LogP contribution in [0, 0.1) is 0 Å². The average molecular weight is 581 g/mol. The van der Waals surface area contributed by atoms with E-state index in [2.05, 4.69) is 170 Å². The van der Waals surface area contributed by atoms with E-state index in [1.165, 1.54) is 98.0 Å². The molecule has 0 aromatic heterocycles. The molecule has 10 aromatic rings. The Labute approximate surface area is 267 Å². The van der Waals surface area contributed by atoms with Crippen LogP contribution in [0.2, 0.25) is 0 Å². The van der Waals surface area contributed by atoms with Crippen molar-refractivity contribution in [2.24, 2.45) is 0 Å². The molecule has 212 valence electrons. The molecule has 46 heavy (non-hydrogen) atoms. The highest BCUT2D eigenvalue weighted by Gasteiger charge is 2.12. The summed E-state index contributed by atoms with van der Waals surface area (Å²) in [4.78, 5) is 0. The van der Waals surface area contributed by atoms with Gasteiger partial charge in [-0.1, -0.05) is 140 Å². The van der Waals surface area contributed by atoms with Gasteiger partial charge in [0.1, 0.15) is 0 Å². The zero-order valence-corrected chi connectivity index (χ0v) is 25.2. The highest BCUT2D eigenvalue weighted by Crippen LogP contribution is 2.39. The minimum atomic E-state index is 1.22. The van der Waals surface area contributed by atoms with Crippen LogP contribution in [0.5, 0.6) is 0 Å². The Bertz CT molecular complexity index is 2740. The predicted octanol–water partition coefficient (Wildman–Crippen LogP) is 13.0. The lowest BCUT2D eigenvalue weighted by molar-refractivity contribution is 1.59. The average Bonchev–Trinajstić information content (AvgIpc) is 3.13. The molecule has 0 bridgehead atoms. The van der Waals surface area contributed by atoms with Gasteiger partial charge >= 0.3 is 0 Å². The summed E-state index contributed by atoms with van der Waals surface area (Å²) in [5.74, 6) is 0. The van der Waals surface area contributed by atoms with E-state index in [4.69, 9.17) is 0 Å². The van der Waals surface area contributed by atoms with Crippen LogP contribution in [-0.2, 0) is 0 Å². The summed E-state index contributed by atoms with van der Waals surface area (Å²) in [5.41, 5.74) is 7.39. The first kappa shape index (κ1) is 25.4. The summed E-state index contributed by atoms with van der Waals surface area (Å²) >= 11 is 0. The van der Waals surface area contributed by atoms with Crippen molar-refractivity contribution < 1.29 is 0 Å². The third kappa shape index (κ3) is 3.87. The third-order valence-electron chi connectivity index (χ3n) is 9.93. The van der Waals surface area contributed by atoms with Crippen molar-refractivity contribution in [2.75, 3.05) is 0 Å². The summed E-state index contributed by atoms with van der Waals surface area (Å²) < 4.78 is 0. The molecule has 0 unspecified atom stereocenters.